The molecule has 0 fully saturated rings. The van der Waals surface area contributed by atoms with E-state index in [1.54, 1.807) is 0 Å². The summed E-state index contributed by atoms with van der Waals surface area (Å²) in [7, 11) is 1.02. The summed E-state index contributed by atoms with van der Waals surface area (Å²) < 4.78 is 8.43. The number of aromatic amines is 1. The zero-order valence-corrected chi connectivity index (χ0v) is 6.62. The van der Waals surface area contributed by atoms with Crippen LogP contribution in [-0.4, -0.2) is 24.0 Å². The Morgan fingerprint density at radius 3 is 2.54 bits per heavy atom. The van der Waals surface area contributed by atoms with Crippen molar-refractivity contribution >= 4 is 17.6 Å². The number of carbonyl (C=O) groups is 2. The second kappa shape index (κ2) is 3.13. The van der Waals surface area contributed by atoms with Gasteiger partial charge in [0.1, 0.15) is 0 Å². The van der Waals surface area contributed by atoms with Gasteiger partial charge in [-0.1, -0.05) is 0 Å². The molecular weight excluding hydrogens is 180 g/mol. The molecule has 0 aliphatic rings. The number of esters is 1. The number of nitrogens with one attached hydrogen (secondary N) is 1. The molecule has 0 saturated carbocycles. The average molecular weight is 186 g/mol. The van der Waals surface area contributed by atoms with Crippen molar-refractivity contribution in [2.45, 2.75) is 0 Å². The highest BCUT2D eigenvalue weighted by molar-refractivity contribution is 6.41. The van der Waals surface area contributed by atoms with Crippen LogP contribution in [-0.2, 0) is 9.53 Å². The zero-order valence-electron chi connectivity index (χ0n) is 6.62. The van der Waals surface area contributed by atoms with Crippen LogP contribution >= 0.6 is 0 Å². The molecule has 0 aliphatic heterocycles. The first-order valence-electron chi connectivity index (χ1n) is 3.17. The first-order chi connectivity index (χ1) is 6.07. The number of anilines is 1. The average Bonchev–Trinajstić information content (AvgIpc) is 2.44. The topological polar surface area (TPSA) is 115 Å². The summed E-state index contributed by atoms with van der Waals surface area (Å²) in [5.41, 5.74) is 3.72. The molecule has 0 bridgehead atoms. The second-order valence-electron chi connectivity index (χ2n) is 2.09. The maximum absolute atomic E-state index is 11.0. The standard InChI is InChI=1S/C6H6N2O5/c1-12-6(11)3(9)2-4(7)13-8-5(2)10/h7H2,1H3,(H,8,10). The molecule has 0 aliphatic carbocycles. The highest BCUT2D eigenvalue weighted by atomic mass is 16.5. The monoisotopic (exact) mass is 186 g/mol. The Labute approximate surface area is 71.4 Å². The summed E-state index contributed by atoms with van der Waals surface area (Å²) in [6.07, 6.45) is 0. The molecule has 1 rings (SSSR count). The predicted molar refractivity (Wildman–Crippen MR) is 40.1 cm³/mol. The molecule has 0 saturated heterocycles. The lowest BCUT2D eigenvalue weighted by atomic mass is 10.2. The number of H-pyrrole nitrogens is 1. The van der Waals surface area contributed by atoms with E-state index >= 15 is 0 Å². The number of nitrogen functional groups attached to an aromatic ring is 1. The van der Waals surface area contributed by atoms with E-state index in [2.05, 4.69) is 9.26 Å². The van der Waals surface area contributed by atoms with Crippen LogP contribution in [0.1, 0.15) is 10.4 Å². The van der Waals surface area contributed by atoms with Crippen LogP contribution < -0.4 is 11.3 Å². The Balaban J connectivity index is 3.16. The van der Waals surface area contributed by atoms with E-state index in [0.717, 1.165) is 7.11 Å². The highest BCUT2D eigenvalue weighted by Crippen LogP contribution is 2.05. The number of hydrogen-bond donors (Lipinski definition) is 2. The van der Waals surface area contributed by atoms with Gasteiger partial charge in [0.25, 0.3) is 11.3 Å². The fourth-order valence-electron chi connectivity index (χ4n) is 0.725. The lowest BCUT2D eigenvalue weighted by molar-refractivity contribution is -0.135. The number of rotatable bonds is 2. The fraction of sp³-hybridized carbons (Fsp3) is 0.167. The zero-order chi connectivity index (χ0) is 10.0. The first kappa shape index (κ1) is 9.04. The van der Waals surface area contributed by atoms with Crippen molar-refractivity contribution in [1.29, 1.82) is 0 Å². The maximum Gasteiger partial charge on any atom is 0.379 e. The van der Waals surface area contributed by atoms with Crippen LogP contribution in [0.5, 0.6) is 0 Å². The van der Waals surface area contributed by atoms with Gasteiger partial charge in [0, 0.05) is 0 Å². The minimum absolute atomic E-state index is 0.430. The SMILES string of the molecule is COC(=O)C(=O)c1c(N)o[nH]c1=O. The Morgan fingerprint density at radius 2 is 2.15 bits per heavy atom. The van der Waals surface area contributed by atoms with E-state index < -0.39 is 28.8 Å². The highest BCUT2D eigenvalue weighted by Gasteiger charge is 2.25. The minimum atomic E-state index is -1.17. The normalized spacial score (nSPS) is 9.62. The van der Waals surface area contributed by atoms with Crippen LogP contribution in [0.15, 0.2) is 9.32 Å². The number of ketones is 1. The molecule has 0 amide bonds. The molecule has 7 heteroatoms. The lowest BCUT2D eigenvalue weighted by Gasteiger charge is -1.93. The summed E-state index contributed by atoms with van der Waals surface area (Å²) in [6.45, 7) is 0. The lowest BCUT2D eigenvalue weighted by Crippen LogP contribution is -2.22. The Hall–Kier alpha value is -2.05. The second-order valence-corrected chi connectivity index (χ2v) is 2.09. The molecule has 1 aromatic heterocycles. The van der Waals surface area contributed by atoms with Crippen LogP contribution in [0, 0.1) is 0 Å². The number of hydrogen-bond acceptors (Lipinski definition) is 6. The van der Waals surface area contributed by atoms with Crippen molar-refractivity contribution in [3.05, 3.63) is 15.9 Å². The molecule has 0 unspecified atom stereocenters. The van der Waals surface area contributed by atoms with Crippen molar-refractivity contribution in [2.75, 3.05) is 12.8 Å². The van der Waals surface area contributed by atoms with E-state index in [-0.39, 0.29) is 0 Å². The van der Waals surface area contributed by atoms with Crippen molar-refractivity contribution in [3.63, 3.8) is 0 Å². The van der Waals surface area contributed by atoms with Gasteiger partial charge in [0.15, 0.2) is 5.56 Å². The van der Waals surface area contributed by atoms with Crippen LogP contribution in [0.4, 0.5) is 5.88 Å². The van der Waals surface area contributed by atoms with E-state index in [1.807, 2.05) is 5.16 Å². The summed E-state index contributed by atoms with van der Waals surface area (Å²) in [4.78, 5) is 32.6. The van der Waals surface area contributed by atoms with E-state index in [1.165, 1.54) is 0 Å². The molecule has 0 atom stereocenters. The van der Waals surface area contributed by atoms with Gasteiger partial charge in [-0.15, -0.1) is 0 Å². The third-order valence-electron chi connectivity index (χ3n) is 1.32. The van der Waals surface area contributed by atoms with Crippen molar-refractivity contribution in [1.82, 2.24) is 5.16 Å². The van der Waals surface area contributed by atoms with E-state index in [0.29, 0.717) is 0 Å². The van der Waals surface area contributed by atoms with Crippen molar-refractivity contribution in [3.8, 4) is 0 Å². The molecule has 1 aromatic rings. The third-order valence-corrected chi connectivity index (χ3v) is 1.32. The van der Waals surface area contributed by atoms with E-state index in [4.69, 9.17) is 5.73 Å². The largest absolute Gasteiger partial charge is 0.463 e. The quantitative estimate of drug-likeness (QED) is 0.344. The Bertz CT molecular complexity index is 401. The fourth-order valence-corrected chi connectivity index (χ4v) is 0.725. The van der Waals surface area contributed by atoms with Gasteiger partial charge in [-0.25, -0.2) is 4.79 Å². The predicted octanol–water partition coefficient (Wildman–Crippen LogP) is -1.09. The van der Waals surface area contributed by atoms with Gasteiger partial charge >= 0.3 is 5.97 Å². The number of methoxy groups -OCH3 is 1. The number of Topliss-reactive ketones (excluding diaryl/α,β-unsaturated/α-hetero) is 1. The van der Waals surface area contributed by atoms with Crippen LogP contribution in [0.25, 0.3) is 0 Å². The van der Waals surface area contributed by atoms with Crippen LogP contribution in [0.3, 0.4) is 0 Å². The number of ether oxygens (including phenoxy) is 1. The third kappa shape index (κ3) is 1.43. The first-order valence-corrected chi connectivity index (χ1v) is 3.17. The Morgan fingerprint density at radius 1 is 1.54 bits per heavy atom. The molecule has 7 nitrogen and oxygen atoms in total. The summed E-state index contributed by atoms with van der Waals surface area (Å²) in [5.74, 6) is -2.73. The van der Waals surface area contributed by atoms with Crippen molar-refractivity contribution < 1.29 is 18.8 Å². The van der Waals surface area contributed by atoms with Gasteiger partial charge < -0.3 is 15.0 Å². The molecule has 0 spiro atoms. The van der Waals surface area contributed by atoms with Gasteiger partial charge in [-0.2, -0.15) is 5.16 Å². The molecular formula is C6H6N2O5. The minimum Gasteiger partial charge on any atom is -0.463 e. The number of aromatic nitrogens is 1. The molecule has 13 heavy (non-hydrogen) atoms. The number of carbonyl (C=O) groups excluding carboxylic acids is 2. The van der Waals surface area contributed by atoms with Gasteiger partial charge in [-0.3, -0.25) is 9.59 Å². The molecule has 3 N–H and O–H groups in total. The summed E-state index contributed by atoms with van der Waals surface area (Å²) in [6, 6.07) is 0. The molecule has 0 aromatic carbocycles. The Kier molecular flexibility index (Phi) is 2.18. The van der Waals surface area contributed by atoms with Gasteiger partial charge in [0.05, 0.1) is 7.11 Å². The smallest absolute Gasteiger partial charge is 0.379 e. The van der Waals surface area contributed by atoms with Crippen molar-refractivity contribution in [2.24, 2.45) is 0 Å². The van der Waals surface area contributed by atoms with E-state index in [9.17, 15) is 14.4 Å². The summed E-state index contributed by atoms with van der Waals surface area (Å²) in [5, 5.41) is 1.81. The number of nitrogens with two attached hydrogens (primary N) is 1. The van der Waals surface area contributed by atoms with Gasteiger partial charge in [-0.05, 0) is 0 Å². The molecule has 70 valence electrons. The van der Waals surface area contributed by atoms with Gasteiger partial charge in [0.2, 0.25) is 5.88 Å². The van der Waals surface area contributed by atoms with Crippen LogP contribution in [0.2, 0.25) is 0 Å². The molecule has 0 radical (unpaired) electrons. The summed E-state index contributed by atoms with van der Waals surface area (Å²) >= 11 is 0. The molecule has 1 heterocycles. The maximum atomic E-state index is 11.0.